The minimum atomic E-state index is -2.31. The molecule has 0 aliphatic rings. The maximum absolute atomic E-state index is 13.4. The Morgan fingerprint density at radius 3 is 1.92 bits per heavy atom. The fourth-order valence-electron chi connectivity index (χ4n) is 1.80. The zero-order valence-corrected chi connectivity index (χ0v) is 13.9. The van der Waals surface area contributed by atoms with Gasteiger partial charge in [-0.05, 0) is 13.3 Å². The number of carbonyl (C=O) groups excluding carboxylic acids is 2. The molecule has 0 saturated heterocycles. The van der Waals surface area contributed by atoms with Crippen LogP contribution in [-0.2, 0) is 25.7 Å². The fraction of sp³-hybridized carbons (Fsp3) is 0.412. The summed E-state index contributed by atoms with van der Waals surface area (Å²) in [5.74, 6) is -7.36. The highest BCUT2D eigenvalue weighted by molar-refractivity contribution is 5.77. The molecular formula is C17H15F5O4. The highest BCUT2D eigenvalue weighted by atomic mass is 19.2. The molecule has 0 N–H and O–H groups in total. The second-order valence-electron chi connectivity index (χ2n) is 4.99. The Morgan fingerprint density at radius 1 is 0.923 bits per heavy atom. The normalized spacial score (nSPS) is 11.3. The van der Waals surface area contributed by atoms with E-state index in [1.54, 1.807) is 13.8 Å². The molecule has 26 heavy (non-hydrogen) atoms. The van der Waals surface area contributed by atoms with Crippen LogP contribution in [0.4, 0.5) is 22.0 Å². The van der Waals surface area contributed by atoms with Crippen molar-refractivity contribution in [2.24, 2.45) is 0 Å². The van der Waals surface area contributed by atoms with Gasteiger partial charge in [-0.1, -0.05) is 12.8 Å². The van der Waals surface area contributed by atoms with Gasteiger partial charge in [-0.3, -0.25) is 9.59 Å². The van der Waals surface area contributed by atoms with E-state index in [0.717, 1.165) is 0 Å². The van der Waals surface area contributed by atoms with Crippen LogP contribution in [0.15, 0.2) is 0 Å². The average Bonchev–Trinajstić information content (AvgIpc) is 2.62. The molecule has 0 heterocycles. The number of ether oxygens (including phenoxy) is 2. The van der Waals surface area contributed by atoms with Crippen molar-refractivity contribution in [3.8, 4) is 11.8 Å². The first-order chi connectivity index (χ1) is 12.2. The Labute approximate surface area is 146 Å². The van der Waals surface area contributed by atoms with Gasteiger partial charge in [-0.25, -0.2) is 22.0 Å². The van der Waals surface area contributed by atoms with Crippen molar-refractivity contribution in [2.75, 3.05) is 0 Å². The van der Waals surface area contributed by atoms with Crippen molar-refractivity contribution in [3.05, 3.63) is 34.6 Å². The van der Waals surface area contributed by atoms with E-state index in [4.69, 9.17) is 4.74 Å². The van der Waals surface area contributed by atoms with Gasteiger partial charge < -0.3 is 9.47 Å². The Hall–Kier alpha value is -2.63. The lowest BCUT2D eigenvalue weighted by molar-refractivity contribution is -0.152. The Balaban J connectivity index is 2.60. The van der Waals surface area contributed by atoms with E-state index in [9.17, 15) is 31.5 Å². The van der Waals surface area contributed by atoms with Crippen LogP contribution in [0, 0.1) is 40.9 Å². The van der Waals surface area contributed by atoms with Crippen LogP contribution < -0.4 is 0 Å². The summed E-state index contributed by atoms with van der Waals surface area (Å²) < 4.78 is 75.2. The highest BCUT2D eigenvalue weighted by Crippen LogP contribution is 2.23. The molecule has 1 unspecified atom stereocenters. The summed E-state index contributed by atoms with van der Waals surface area (Å²) >= 11 is 0. The zero-order valence-electron chi connectivity index (χ0n) is 13.9. The third-order valence-corrected chi connectivity index (χ3v) is 3.16. The predicted molar refractivity (Wildman–Crippen MR) is 78.9 cm³/mol. The molecule has 0 aromatic heterocycles. The van der Waals surface area contributed by atoms with E-state index in [1.807, 2.05) is 0 Å². The van der Waals surface area contributed by atoms with E-state index < -0.39 is 72.1 Å². The van der Waals surface area contributed by atoms with E-state index in [-0.39, 0.29) is 0 Å². The molecule has 142 valence electrons. The largest absolute Gasteiger partial charge is 0.461 e. The molecule has 4 nitrogen and oxygen atoms in total. The van der Waals surface area contributed by atoms with Crippen LogP contribution in [-0.4, -0.2) is 18.0 Å². The first-order valence-electron chi connectivity index (χ1n) is 7.50. The standard InChI is InChI=1S/C17H15F5O4/c1-3-5-9(4-2)26-12(24)7-6-11(23)25-8-10-13(18)15(20)17(22)16(21)14(10)19/h9H,4,6-8H2,1-2H3. The van der Waals surface area contributed by atoms with Gasteiger partial charge in [-0.2, -0.15) is 0 Å². The third kappa shape index (κ3) is 5.44. The average molecular weight is 378 g/mol. The quantitative estimate of drug-likeness (QED) is 0.239. The van der Waals surface area contributed by atoms with Gasteiger partial charge in [0.25, 0.3) is 0 Å². The molecular weight excluding hydrogens is 363 g/mol. The molecule has 0 bridgehead atoms. The molecule has 0 aliphatic carbocycles. The van der Waals surface area contributed by atoms with E-state index in [2.05, 4.69) is 16.6 Å². The summed E-state index contributed by atoms with van der Waals surface area (Å²) in [7, 11) is 0. The van der Waals surface area contributed by atoms with Crippen molar-refractivity contribution in [1.29, 1.82) is 0 Å². The van der Waals surface area contributed by atoms with Crippen molar-refractivity contribution in [3.63, 3.8) is 0 Å². The number of halogens is 5. The second kappa shape index (κ2) is 9.75. The smallest absolute Gasteiger partial charge is 0.307 e. The summed E-state index contributed by atoms with van der Waals surface area (Å²) in [6.07, 6.45) is -1.07. The minimum absolute atomic E-state index is 0.391. The molecule has 0 spiro atoms. The lowest BCUT2D eigenvalue weighted by Gasteiger charge is -2.11. The third-order valence-electron chi connectivity index (χ3n) is 3.16. The van der Waals surface area contributed by atoms with E-state index in [0.29, 0.717) is 6.42 Å². The van der Waals surface area contributed by atoms with Gasteiger partial charge in [-0.15, -0.1) is 5.92 Å². The number of rotatable bonds is 7. The van der Waals surface area contributed by atoms with Crippen LogP contribution in [0.2, 0.25) is 0 Å². The fourth-order valence-corrected chi connectivity index (χ4v) is 1.80. The second-order valence-corrected chi connectivity index (χ2v) is 4.99. The van der Waals surface area contributed by atoms with Gasteiger partial charge in [0, 0.05) is 0 Å². The summed E-state index contributed by atoms with van der Waals surface area (Å²) in [5.41, 5.74) is -1.28. The molecule has 0 radical (unpaired) electrons. The topological polar surface area (TPSA) is 52.6 Å². The summed E-state index contributed by atoms with van der Waals surface area (Å²) in [6, 6.07) is 0. The Morgan fingerprint density at radius 2 is 1.42 bits per heavy atom. The molecule has 1 atom stereocenters. The zero-order chi connectivity index (χ0) is 19.9. The van der Waals surface area contributed by atoms with Gasteiger partial charge in [0.15, 0.2) is 29.4 Å². The first kappa shape index (κ1) is 21.4. The van der Waals surface area contributed by atoms with Gasteiger partial charge >= 0.3 is 11.9 Å². The molecule has 1 aromatic rings. The molecule has 0 fully saturated rings. The van der Waals surface area contributed by atoms with Gasteiger partial charge in [0.05, 0.1) is 18.4 Å². The van der Waals surface area contributed by atoms with E-state index >= 15 is 0 Å². The Kier molecular flexibility index (Phi) is 8.03. The van der Waals surface area contributed by atoms with E-state index in [1.165, 1.54) is 0 Å². The molecule has 0 amide bonds. The number of esters is 2. The number of carbonyl (C=O) groups is 2. The SMILES string of the molecule is CC#CC(CC)OC(=O)CCC(=O)OCc1c(F)c(F)c(F)c(F)c1F. The van der Waals surface area contributed by atoms with Crippen LogP contribution in [0.25, 0.3) is 0 Å². The summed E-state index contributed by atoms with van der Waals surface area (Å²) in [5, 5.41) is 0. The molecule has 1 aromatic carbocycles. The molecule has 0 aliphatic heterocycles. The summed E-state index contributed by atoms with van der Waals surface area (Å²) in [6.45, 7) is 2.13. The minimum Gasteiger partial charge on any atom is -0.461 e. The van der Waals surface area contributed by atoms with Crippen LogP contribution >= 0.6 is 0 Å². The lowest BCUT2D eigenvalue weighted by atomic mass is 10.2. The molecule has 1 rings (SSSR count). The maximum atomic E-state index is 13.4. The van der Waals surface area contributed by atoms with Crippen molar-refractivity contribution >= 4 is 11.9 Å². The van der Waals surface area contributed by atoms with Crippen LogP contribution in [0.3, 0.4) is 0 Å². The predicted octanol–water partition coefficient (Wildman–Crippen LogP) is 3.55. The lowest BCUT2D eigenvalue weighted by Crippen LogP contribution is -2.17. The highest BCUT2D eigenvalue weighted by Gasteiger charge is 2.26. The first-order valence-corrected chi connectivity index (χ1v) is 7.50. The summed E-state index contributed by atoms with van der Waals surface area (Å²) in [4.78, 5) is 23.0. The van der Waals surface area contributed by atoms with Crippen molar-refractivity contribution in [2.45, 2.75) is 45.8 Å². The van der Waals surface area contributed by atoms with Crippen LogP contribution in [0.5, 0.6) is 0 Å². The monoisotopic (exact) mass is 378 g/mol. The van der Waals surface area contributed by atoms with Crippen molar-refractivity contribution < 1.29 is 41.0 Å². The molecule has 9 heteroatoms. The number of hydrogen-bond donors (Lipinski definition) is 0. The maximum Gasteiger partial charge on any atom is 0.307 e. The Bertz CT molecular complexity index is 723. The van der Waals surface area contributed by atoms with Gasteiger partial charge in [0.1, 0.15) is 6.61 Å². The van der Waals surface area contributed by atoms with Crippen molar-refractivity contribution in [1.82, 2.24) is 0 Å². The number of hydrogen-bond acceptors (Lipinski definition) is 4. The molecule has 0 saturated carbocycles. The number of benzene rings is 1. The van der Waals surface area contributed by atoms with Gasteiger partial charge in [0.2, 0.25) is 5.82 Å². The van der Waals surface area contributed by atoms with Crippen LogP contribution in [0.1, 0.15) is 38.7 Å².